The minimum atomic E-state index is 0.0987. The number of ether oxygens (including phenoxy) is 1. The minimum Gasteiger partial charge on any atom is -0.487 e. The van der Waals surface area contributed by atoms with Crippen molar-refractivity contribution >= 4 is 16.5 Å². The third-order valence-electron chi connectivity index (χ3n) is 2.77. The first-order valence-corrected chi connectivity index (χ1v) is 6.01. The maximum absolute atomic E-state index is 6.13. The number of rotatable bonds is 4. The number of nitrogens with zero attached hydrogens (tertiary/aromatic N) is 2. The second kappa shape index (κ2) is 5.23. The molecular weight excluding hydrogens is 226 g/mol. The number of fused-ring (bicyclic) bond motifs is 1. The lowest BCUT2D eigenvalue weighted by atomic mass is 10.1. The SMILES string of the molecule is CC(CN(C)C)Oc1ccc2cnccc2c1N. The van der Waals surface area contributed by atoms with Crippen molar-refractivity contribution in [2.45, 2.75) is 13.0 Å². The molecule has 4 nitrogen and oxygen atoms in total. The highest BCUT2D eigenvalue weighted by Gasteiger charge is 2.10. The Balaban J connectivity index is 2.26. The molecular formula is C14H19N3O. The molecule has 18 heavy (non-hydrogen) atoms. The number of hydrogen-bond donors (Lipinski definition) is 1. The Kier molecular flexibility index (Phi) is 3.67. The zero-order chi connectivity index (χ0) is 13.1. The van der Waals surface area contributed by atoms with E-state index in [1.165, 1.54) is 0 Å². The normalized spacial score (nSPS) is 12.9. The Morgan fingerprint density at radius 2 is 2.11 bits per heavy atom. The van der Waals surface area contributed by atoms with Gasteiger partial charge in [0.1, 0.15) is 11.9 Å². The van der Waals surface area contributed by atoms with Gasteiger partial charge in [-0.2, -0.15) is 0 Å². The molecule has 0 aliphatic rings. The van der Waals surface area contributed by atoms with Crippen LogP contribution >= 0.6 is 0 Å². The highest BCUT2D eigenvalue weighted by molar-refractivity contribution is 5.95. The molecule has 1 unspecified atom stereocenters. The van der Waals surface area contributed by atoms with Gasteiger partial charge in [0.25, 0.3) is 0 Å². The van der Waals surface area contributed by atoms with E-state index in [2.05, 4.69) is 9.88 Å². The van der Waals surface area contributed by atoms with Gasteiger partial charge in [-0.15, -0.1) is 0 Å². The average Bonchev–Trinajstić information content (AvgIpc) is 2.32. The summed E-state index contributed by atoms with van der Waals surface area (Å²) in [4.78, 5) is 6.17. The summed E-state index contributed by atoms with van der Waals surface area (Å²) in [7, 11) is 4.05. The molecule has 2 aromatic rings. The largest absolute Gasteiger partial charge is 0.487 e. The van der Waals surface area contributed by atoms with Gasteiger partial charge in [0.05, 0.1) is 5.69 Å². The van der Waals surface area contributed by atoms with Crippen LogP contribution in [0.3, 0.4) is 0 Å². The summed E-state index contributed by atoms with van der Waals surface area (Å²) < 4.78 is 5.88. The molecule has 1 heterocycles. The molecule has 0 amide bonds. The molecule has 4 heteroatoms. The van der Waals surface area contributed by atoms with Gasteiger partial charge in [-0.05, 0) is 39.2 Å². The predicted molar refractivity (Wildman–Crippen MR) is 74.8 cm³/mol. The quantitative estimate of drug-likeness (QED) is 0.838. The number of hydrogen-bond acceptors (Lipinski definition) is 4. The lowest BCUT2D eigenvalue weighted by molar-refractivity contribution is 0.178. The highest BCUT2D eigenvalue weighted by Crippen LogP contribution is 2.30. The van der Waals surface area contributed by atoms with E-state index in [4.69, 9.17) is 10.5 Å². The molecule has 96 valence electrons. The number of benzene rings is 1. The third-order valence-corrected chi connectivity index (χ3v) is 2.77. The van der Waals surface area contributed by atoms with Crippen molar-refractivity contribution in [3.8, 4) is 5.75 Å². The summed E-state index contributed by atoms with van der Waals surface area (Å²) in [5.41, 5.74) is 6.81. The van der Waals surface area contributed by atoms with Crippen molar-refractivity contribution in [1.82, 2.24) is 9.88 Å². The van der Waals surface area contributed by atoms with Crippen LogP contribution in [0.15, 0.2) is 30.6 Å². The lowest BCUT2D eigenvalue weighted by Gasteiger charge is -2.20. The first kappa shape index (κ1) is 12.6. The number of anilines is 1. The van der Waals surface area contributed by atoms with Gasteiger partial charge >= 0.3 is 0 Å². The molecule has 1 atom stereocenters. The Morgan fingerprint density at radius 1 is 1.33 bits per heavy atom. The number of nitrogen functional groups attached to an aromatic ring is 1. The molecule has 2 N–H and O–H groups in total. The molecule has 1 aromatic heterocycles. The summed E-state index contributed by atoms with van der Waals surface area (Å²) >= 11 is 0. The van der Waals surface area contributed by atoms with Crippen molar-refractivity contribution < 1.29 is 4.74 Å². The minimum absolute atomic E-state index is 0.0987. The molecule has 2 rings (SSSR count). The Hall–Kier alpha value is -1.81. The fourth-order valence-electron chi connectivity index (χ4n) is 2.04. The van der Waals surface area contributed by atoms with E-state index < -0.39 is 0 Å². The fourth-order valence-corrected chi connectivity index (χ4v) is 2.04. The molecule has 0 saturated carbocycles. The summed E-state index contributed by atoms with van der Waals surface area (Å²) in [6.45, 7) is 2.89. The number of aromatic nitrogens is 1. The number of nitrogens with two attached hydrogens (primary N) is 1. The van der Waals surface area contributed by atoms with Gasteiger partial charge in [0.2, 0.25) is 0 Å². The van der Waals surface area contributed by atoms with Gasteiger partial charge in [0.15, 0.2) is 0 Å². The summed E-state index contributed by atoms with van der Waals surface area (Å²) in [5, 5.41) is 2.02. The molecule has 1 aromatic carbocycles. The van der Waals surface area contributed by atoms with Crippen LogP contribution < -0.4 is 10.5 Å². The second-order valence-electron chi connectivity index (χ2n) is 4.76. The molecule has 0 aliphatic heterocycles. The molecule has 0 spiro atoms. The topological polar surface area (TPSA) is 51.4 Å². The van der Waals surface area contributed by atoms with Crippen molar-refractivity contribution in [1.29, 1.82) is 0 Å². The maximum Gasteiger partial charge on any atom is 0.143 e. The zero-order valence-corrected chi connectivity index (χ0v) is 11.1. The maximum atomic E-state index is 6.13. The summed E-state index contributed by atoms with van der Waals surface area (Å²) in [5.74, 6) is 0.739. The number of likely N-dealkylation sites (N-methyl/N-ethyl adjacent to an activating group) is 1. The fraction of sp³-hybridized carbons (Fsp3) is 0.357. The Labute approximate surface area is 107 Å². The smallest absolute Gasteiger partial charge is 0.143 e. The monoisotopic (exact) mass is 245 g/mol. The summed E-state index contributed by atoms with van der Waals surface area (Å²) in [6.07, 6.45) is 3.64. The van der Waals surface area contributed by atoms with E-state index in [1.54, 1.807) is 12.4 Å². The van der Waals surface area contributed by atoms with Crippen LogP contribution in [0.1, 0.15) is 6.92 Å². The van der Waals surface area contributed by atoms with E-state index in [1.807, 2.05) is 39.2 Å². The van der Waals surface area contributed by atoms with Gasteiger partial charge in [-0.25, -0.2) is 0 Å². The van der Waals surface area contributed by atoms with Gasteiger partial charge in [-0.1, -0.05) is 0 Å². The number of pyridine rings is 1. The van der Waals surface area contributed by atoms with Crippen molar-refractivity contribution in [3.63, 3.8) is 0 Å². The van der Waals surface area contributed by atoms with Crippen LogP contribution in [0.5, 0.6) is 5.75 Å². The van der Waals surface area contributed by atoms with Crippen LogP contribution in [-0.2, 0) is 0 Å². The average molecular weight is 245 g/mol. The van der Waals surface area contributed by atoms with Crippen LogP contribution in [0.2, 0.25) is 0 Å². The predicted octanol–water partition coefficient (Wildman–Crippen LogP) is 2.15. The molecule has 0 radical (unpaired) electrons. The van der Waals surface area contributed by atoms with Gasteiger partial charge < -0.3 is 15.4 Å². The summed E-state index contributed by atoms with van der Waals surface area (Å²) in [6, 6.07) is 5.80. The Morgan fingerprint density at radius 3 is 2.83 bits per heavy atom. The van der Waals surface area contributed by atoms with Gasteiger partial charge in [-0.3, -0.25) is 4.98 Å². The van der Waals surface area contributed by atoms with E-state index in [0.29, 0.717) is 5.69 Å². The van der Waals surface area contributed by atoms with E-state index in [-0.39, 0.29) is 6.10 Å². The van der Waals surface area contributed by atoms with E-state index in [9.17, 15) is 0 Å². The second-order valence-corrected chi connectivity index (χ2v) is 4.76. The van der Waals surface area contributed by atoms with Crippen molar-refractivity contribution in [2.75, 3.05) is 26.4 Å². The van der Waals surface area contributed by atoms with Crippen molar-refractivity contribution in [2.24, 2.45) is 0 Å². The Bertz CT molecular complexity index is 540. The van der Waals surface area contributed by atoms with Crippen LogP contribution in [0.4, 0.5) is 5.69 Å². The molecule has 0 bridgehead atoms. The van der Waals surface area contributed by atoms with Crippen LogP contribution in [-0.4, -0.2) is 36.6 Å². The van der Waals surface area contributed by atoms with E-state index in [0.717, 1.165) is 23.1 Å². The third kappa shape index (κ3) is 2.71. The van der Waals surface area contributed by atoms with Crippen molar-refractivity contribution in [3.05, 3.63) is 30.6 Å². The standard InChI is InChI=1S/C14H19N3O/c1-10(9-17(2)3)18-13-5-4-11-8-16-7-6-12(11)14(13)15/h4-8,10H,9,15H2,1-3H3. The van der Waals surface area contributed by atoms with Crippen LogP contribution in [0.25, 0.3) is 10.8 Å². The first-order chi connectivity index (χ1) is 8.58. The lowest BCUT2D eigenvalue weighted by Crippen LogP contribution is -2.28. The molecule has 0 aliphatic carbocycles. The first-order valence-electron chi connectivity index (χ1n) is 6.01. The van der Waals surface area contributed by atoms with Gasteiger partial charge in [0, 0.05) is 29.7 Å². The van der Waals surface area contributed by atoms with E-state index >= 15 is 0 Å². The molecule has 0 fully saturated rings. The van der Waals surface area contributed by atoms with Crippen LogP contribution in [0, 0.1) is 0 Å². The zero-order valence-electron chi connectivity index (χ0n) is 11.1. The highest BCUT2D eigenvalue weighted by atomic mass is 16.5. The molecule has 0 saturated heterocycles.